The normalized spacial score (nSPS) is 18.6. The summed E-state index contributed by atoms with van der Waals surface area (Å²) >= 11 is 0. The van der Waals surface area contributed by atoms with Crippen molar-refractivity contribution in [1.82, 2.24) is 0 Å². The van der Waals surface area contributed by atoms with Gasteiger partial charge >= 0.3 is 0 Å². The molecule has 0 amide bonds. The molecule has 1 rings (SSSR count). The number of allylic oxidation sites excluding steroid dienone is 23. The van der Waals surface area contributed by atoms with Gasteiger partial charge in [-0.3, -0.25) is 4.79 Å². The molecule has 2 nitrogen and oxygen atoms in total. The van der Waals surface area contributed by atoms with Gasteiger partial charge in [-0.15, -0.1) is 0 Å². The van der Waals surface area contributed by atoms with Crippen molar-refractivity contribution in [1.29, 1.82) is 0 Å². The number of hydrogen-bond donors (Lipinski definition) is 1. The zero-order valence-corrected chi connectivity index (χ0v) is 29.2. The quantitative estimate of drug-likeness (QED) is 0.151. The SMILES string of the molecule is CCC(O)(CC)C(=O)C=CC(C)=CC=CC(C)=CC=CC(C)=CC=CC=C(C)C=CC=C(C)C=CC1=C(C)CCCC1(C)C. The second-order valence-corrected chi connectivity index (χ2v) is 12.7. The van der Waals surface area contributed by atoms with Crippen molar-refractivity contribution >= 4 is 5.78 Å². The number of hydrogen-bond acceptors (Lipinski definition) is 2. The number of carbonyl (C=O) groups excluding carboxylic acids is 1. The molecule has 0 saturated heterocycles. The van der Waals surface area contributed by atoms with Crippen LogP contribution in [0.5, 0.6) is 0 Å². The Morgan fingerprint density at radius 2 is 1.09 bits per heavy atom. The fraction of sp³-hybridized carbons (Fsp3) is 0.405. The molecule has 0 aromatic rings. The van der Waals surface area contributed by atoms with Crippen molar-refractivity contribution in [3.8, 4) is 0 Å². The van der Waals surface area contributed by atoms with E-state index in [1.165, 1.54) is 47.6 Å². The summed E-state index contributed by atoms with van der Waals surface area (Å²) in [6, 6.07) is 0. The summed E-state index contributed by atoms with van der Waals surface area (Å²) in [6.07, 6.45) is 39.3. The minimum absolute atomic E-state index is 0.240. The Morgan fingerprint density at radius 3 is 1.52 bits per heavy atom. The van der Waals surface area contributed by atoms with Crippen LogP contribution in [0.4, 0.5) is 0 Å². The van der Waals surface area contributed by atoms with Crippen LogP contribution < -0.4 is 0 Å². The van der Waals surface area contributed by atoms with E-state index in [4.69, 9.17) is 0 Å². The molecule has 238 valence electrons. The first-order valence-corrected chi connectivity index (χ1v) is 16.1. The van der Waals surface area contributed by atoms with Crippen molar-refractivity contribution in [3.05, 3.63) is 142 Å². The van der Waals surface area contributed by atoms with Gasteiger partial charge in [-0.25, -0.2) is 0 Å². The molecule has 0 spiro atoms. The number of ketones is 1. The fourth-order valence-corrected chi connectivity index (χ4v) is 4.93. The second-order valence-electron chi connectivity index (χ2n) is 12.7. The maximum atomic E-state index is 12.2. The molecule has 1 aliphatic carbocycles. The third-order valence-electron chi connectivity index (χ3n) is 8.17. The van der Waals surface area contributed by atoms with Crippen LogP contribution in [0.15, 0.2) is 142 Å². The van der Waals surface area contributed by atoms with Gasteiger partial charge in [-0.1, -0.05) is 158 Å². The zero-order valence-electron chi connectivity index (χ0n) is 29.2. The fourth-order valence-electron chi connectivity index (χ4n) is 4.93. The first-order chi connectivity index (χ1) is 20.7. The van der Waals surface area contributed by atoms with Crippen LogP contribution in [-0.2, 0) is 4.79 Å². The van der Waals surface area contributed by atoms with E-state index in [9.17, 15) is 9.90 Å². The largest absolute Gasteiger partial charge is 0.382 e. The second kappa shape index (κ2) is 19.7. The maximum absolute atomic E-state index is 12.2. The molecule has 44 heavy (non-hydrogen) atoms. The van der Waals surface area contributed by atoms with Crippen LogP contribution in [0.3, 0.4) is 0 Å². The summed E-state index contributed by atoms with van der Waals surface area (Å²) in [5, 5.41) is 10.3. The molecule has 0 aromatic carbocycles. The molecule has 1 N–H and O–H groups in total. The van der Waals surface area contributed by atoms with Crippen LogP contribution in [-0.4, -0.2) is 16.5 Å². The minimum Gasteiger partial charge on any atom is -0.382 e. The lowest BCUT2D eigenvalue weighted by molar-refractivity contribution is -0.132. The topological polar surface area (TPSA) is 37.3 Å². The van der Waals surface area contributed by atoms with E-state index < -0.39 is 5.60 Å². The highest BCUT2D eigenvalue weighted by Crippen LogP contribution is 2.40. The van der Waals surface area contributed by atoms with E-state index >= 15 is 0 Å². The van der Waals surface area contributed by atoms with Gasteiger partial charge in [0.1, 0.15) is 5.60 Å². The molecule has 0 unspecified atom stereocenters. The highest BCUT2D eigenvalue weighted by atomic mass is 16.3. The van der Waals surface area contributed by atoms with Crippen molar-refractivity contribution in [3.63, 3.8) is 0 Å². The summed E-state index contributed by atoms with van der Waals surface area (Å²) in [7, 11) is 0. The monoisotopic (exact) mass is 594 g/mol. The number of aliphatic hydroxyl groups is 1. The Labute approximate surface area is 269 Å². The lowest BCUT2D eigenvalue weighted by atomic mass is 9.72. The van der Waals surface area contributed by atoms with Gasteiger partial charge in [0.15, 0.2) is 5.78 Å². The number of rotatable bonds is 15. The average molecular weight is 595 g/mol. The van der Waals surface area contributed by atoms with E-state index in [0.717, 1.165) is 16.7 Å². The first-order valence-electron chi connectivity index (χ1n) is 16.1. The lowest BCUT2D eigenvalue weighted by Gasteiger charge is -2.32. The third-order valence-corrected chi connectivity index (χ3v) is 8.17. The van der Waals surface area contributed by atoms with Crippen molar-refractivity contribution < 1.29 is 9.90 Å². The highest BCUT2D eigenvalue weighted by molar-refractivity contribution is 5.97. The molecule has 0 bridgehead atoms. The molecule has 0 saturated carbocycles. The smallest absolute Gasteiger partial charge is 0.187 e. The molecule has 0 aliphatic heterocycles. The Kier molecular flexibility index (Phi) is 17.3. The van der Waals surface area contributed by atoms with Gasteiger partial charge in [-0.2, -0.15) is 0 Å². The molecule has 0 radical (unpaired) electrons. The Bertz CT molecular complexity index is 1330. The highest BCUT2D eigenvalue weighted by Gasteiger charge is 2.29. The van der Waals surface area contributed by atoms with Gasteiger partial charge in [0.05, 0.1) is 0 Å². The lowest BCUT2D eigenvalue weighted by Crippen LogP contribution is -2.35. The molecule has 0 aromatic heterocycles. The van der Waals surface area contributed by atoms with E-state index in [1.807, 2.05) is 45.1 Å². The van der Waals surface area contributed by atoms with Gasteiger partial charge < -0.3 is 5.11 Å². The minimum atomic E-state index is -1.26. The van der Waals surface area contributed by atoms with Crippen LogP contribution in [0.2, 0.25) is 0 Å². The van der Waals surface area contributed by atoms with E-state index in [1.54, 1.807) is 6.08 Å². The molecule has 2 heteroatoms. The van der Waals surface area contributed by atoms with E-state index in [2.05, 4.69) is 115 Å². The summed E-state index contributed by atoms with van der Waals surface area (Å²) in [5.41, 5.74) is 7.73. The molecular formula is C42H58O2. The van der Waals surface area contributed by atoms with Crippen molar-refractivity contribution in [2.75, 3.05) is 0 Å². The molecule has 0 heterocycles. The standard InChI is InChI=1S/C42H58O2/c1-11-42(44,12-2)40(43)31-29-37(7)26-17-24-35(5)23-15-21-33(3)19-13-14-20-34(4)22-16-25-36(6)28-30-39-38(8)27-18-32-41(39,9)10/h13-17,19-26,28-31,44H,11-12,18,27,32H2,1-10H3. The Morgan fingerprint density at radius 1 is 0.682 bits per heavy atom. The van der Waals surface area contributed by atoms with Crippen LogP contribution in [0.25, 0.3) is 0 Å². The van der Waals surface area contributed by atoms with Crippen LogP contribution in [0.1, 0.15) is 101 Å². The maximum Gasteiger partial charge on any atom is 0.187 e. The average Bonchev–Trinajstić information content (AvgIpc) is 2.97. The van der Waals surface area contributed by atoms with Gasteiger partial charge in [-0.05, 0) is 90.7 Å². The molecule has 1 aliphatic rings. The zero-order chi connectivity index (χ0) is 33.2. The summed E-state index contributed by atoms with van der Waals surface area (Å²) in [4.78, 5) is 12.2. The summed E-state index contributed by atoms with van der Waals surface area (Å²) in [6.45, 7) is 21.0. The first kappa shape index (κ1) is 38.5. The summed E-state index contributed by atoms with van der Waals surface area (Å²) < 4.78 is 0. The van der Waals surface area contributed by atoms with E-state index in [0.29, 0.717) is 12.8 Å². The van der Waals surface area contributed by atoms with Crippen molar-refractivity contribution in [2.24, 2.45) is 5.41 Å². The van der Waals surface area contributed by atoms with Crippen LogP contribution in [0, 0.1) is 5.41 Å². The Hall–Kier alpha value is -3.49. The van der Waals surface area contributed by atoms with Crippen molar-refractivity contribution in [2.45, 2.75) is 107 Å². The van der Waals surface area contributed by atoms with Gasteiger partial charge in [0.2, 0.25) is 0 Å². The van der Waals surface area contributed by atoms with Gasteiger partial charge in [0.25, 0.3) is 0 Å². The molecular weight excluding hydrogens is 536 g/mol. The molecule has 0 atom stereocenters. The van der Waals surface area contributed by atoms with E-state index in [-0.39, 0.29) is 11.2 Å². The number of carbonyl (C=O) groups is 1. The van der Waals surface area contributed by atoms with Crippen LogP contribution >= 0.6 is 0 Å². The summed E-state index contributed by atoms with van der Waals surface area (Å²) in [5.74, 6) is -0.240. The van der Waals surface area contributed by atoms with Gasteiger partial charge in [0, 0.05) is 0 Å². The Balaban J connectivity index is 2.63. The predicted octanol–water partition coefficient (Wildman–Crippen LogP) is 11.7. The molecule has 0 fully saturated rings. The third kappa shape index (κ3) is 14.8. The predicted molar refractivity (Wildman–Crippen MR) is 194 cm³/mol.